The number of halogens is 1. The Bertz CT molecular complexity index is 1640. The van der Waals surface area contributed by atoms with Crippen LogP contribution in [0.15, 0.2) is 108 Å². The second-order valence-electron chi connectivity index (χ2n) is 9.23. The maximum atomic E-state index is 13.3. The topological polar surface area (TPSA) is 106 Å². The summed E-state index contributed by atoms with van der Waals surface area (Å²) in [6.07, 6.45) is 1.56. The van der Waals surface area contributed by atoms with Crippen molar-refractivity contribution in [2.24, 2.45) is 0 Å². The summed E-state index contributed by atoms with van der Waals surface area (Å²) < 4.78 is 10.7. The first kappa shape index (κ1) is 28.8. The quantitative estimate of drug-likeness (QED) is 0.148. The van der Waals surface area contributed by atoms with Gasteiger partial charge in [-0.2, -0.15) is 0 Å². The van der Waals surface area contributed by atoms with Gasteiger partial charge in [0, 0.05) is 32.9 Å². The van der Waals surface area contributed by atoms with Crippen LogP contribution < -0.4 is 25.4 Å². The highest BCUT2D eigenvalue weighted by molar-refractivity contribution is 8.00. The summed E-state index contributed by atoms with van der Waals surface area (Å²) in [5.74, 6) is 0.153. The number of hydrogen-bond donors (Lipinski definition) is 3. The molecule has 1 unspecified atom stereocenters. The summed E-state index contributed by atoms with van der Waals surface area (Å²) in [5.41, 5.74) is 2.27. The SMILES string of the molecule is CC(Sc1ccc(NC(=O)/C(=C/c2cccc(Cl)c2)NC(=O)c2ccccc2)cc1)C(=O)Nc1ccc2c(c1)OCO2. The normalized spacial score (nSPS) is 12.8. The molecule has 5 rings (SSSR count). The van der Waals surface area contributed by atoms with Gasteiger partial charge in [0.2, 0.25) is 12.7 Å². The van der Waals surface area contributed by atoms with E-state index < -0.39 is 17.1 Å². The zero-order chi connectivity index (χ0) is 29.5. The van der Waals surface area contributed by atoms with E-state index >= 15 is 0 Å². The molecule has 10 heteroatoms. The van der Waals surface area contributed by atoms with E-state index in [4.69, 9.17) is 21.1 Å². The number of anilines is 2. The lowest BCUT2D eigenvalue weighted by atomic mass is 10.1. The van der Waals surface area contributed by atoms with Gasteiger partial charge >= 0.3 is 0 Å². The number of carbonyl (C=O) groups is 3. The van der Waals surface area contributed by atoms with Gasteiger partial charge in [0.25, 0.3) is 11.8 Å². The molecule has 212 valence electrons. The Morgan fingerprint density at radius 1 is 0.833 bits per heavy atom. The zero-order valence-electron chi connectivity index (χ0n) is 22.4. The van der Waals surface area contributed by atoms with Gasteiger partial charge in [-0.25, -0.2) is 0 Å². The summed E-state index contributed by atoms with van der Waals surface area (Å²) in [7, 11) is 0. The van der Waals surface area contributed by atoms with Crippen molar-refractivity contribution in [3.63, 3.8) is 0 Å². The number of carbonyl (C=O) groups excluding carboxylic acids is 3. The van der Waals surface area contributed by atoms with E-state index in [1.807, 2.05) is 19.1 Å². The number of fused-ring (bicyclic) bond motifs is 1. The summed E-state index contributed by atoms with van der Waals surface area (Å²) in [6.45, 7) is 1.97. The highest BCUT2D eigenvalue weighted by Crippen LogP contribution is 2.34. The van der Waals surface area contributed by atoms with Gasteiger partial charge in [0.05, 0.1) is 5.25 Å². The van der Waals surface area contributed by atoms with Crippen LogP contribution in [0.25, 0.3) is 6.08 Å². The number of hydrogen-bond acceptors (Lipinski definition) is 6. The van der Waals surface area contributed by atoms with Crippen LogP contribution in [0.3, 0.4) is 0 Å². The minimum atomic E-state index is -0.504. The molecule has 0 saturated carbocycles. The minimum Gasteiger partial charge on any atom is -0.454 e. The standard InChI is InChI=1S/C32H26ClN3O5S/c1-20(30(37)35-25-12-15-28-29(18-25)41-19-40-28)42-26-13-10-24(11-14-26)34-32(39)27(17-21-6-5-9-23(33)16-21)36-31(38)22-7-3-2-4-8-22/h2-18,20H,19H2,1H3,(H,34,39)(H,35,37)(H,36,38)/b27-17-. The van der Waals surface area contributed by atoms with Crippen molar-refractivity contribution in [1.29, 1.82) is 0 Å². The van der Waals surface area contributed by atoms with Crippen molar-refractivity contribution in [1.82, 2.24) is 5.32 Å². The average Bonchev–Trinajstić information content (AvgIpc) is 3.46. The van der Waals surface area contributed by atoms with Gasteiger partial charge < -0.3 is 25.4 Å². The van der Waals surface area contributed by atoms with Crippen LogP contribution in [0.5, 0.6) is 11.5 Å². The lowest BCUT2D eigenvalue weighted by Crippen LogP contribution is -2.30. The fraction of sp³-hybridized carbons (Fsp3) is 0.0938. The Balaban J connectivity index is 1.23. The molecule has 0 saturated heterocycles. The lowest BCUT2D eigenvalue weighted by Gasteiger charge is -2.14. The van der Waals surface area contributed by atoms with Crippen LogP contribution in [0.2, 0.25) is 5.02 Å². The van der Waals surface area contributed by atoms with Gasteiger partial charge in [0.15, 0.2) is 11.5 Å². The van der Waals surface area contributed by atoms with Crippen LogP contribution in [-0.2, 0) is 9.59 Å². The molecule has 3 N–H and O–H groups in total. The average molecular weight is 600 g/mol. The molecule has 4 aromatic carbocycles. The summed E-state index contributed by atoms with van der Waals surface area (Å²) in [6, 6.07) is 27.9. The van der Waals surface area contributed by atoms with Crippen molar-refractivity contribution >= 4 is 58.5 Å². The van der Waals surface area contributed by atoms with Gasteiger partial charge in [0.1, 0.15) is 5.70 Å². The maximum Gasteiger partial charge on any atom is 0.272 e. The van der Waals surface area contributed by atoms with E-state index in [-0.39, 0.29) is 18.4 Å². The molecular formula is C32H26ClN3O5S. The molecule has 1 aliphatic heterocycles. The van der Waals surface area contributed by atoms with E-state index in [2.05, 4.69) is 16.0 Å². The Labute approximate surface area is 252 Å². The van der Waals surface area contributed by atoms with Crippen LogP contribution >= 0.6 is 23.4 Å². The first-order chi connectivity index (χ1) is 20.3. The molecule has 0 aromatic heterocycles. The second-order valence-corrected chi connectivity index (χ2v) is 11.1. The third-order valence-corrected chi connectivity index (χ3v) is 7.47. The Hall–Kier alpha value is -4.73. The Morgan fingerprint density at radius 2 is 1.57 bits per heavy atom. The number of rotatable bonds is 9. The third-order valence-electron chi connectivity index (χ3n) is 6.12. The number of amides is 3. The smallest absolute Gasteiger partial charge is 0.272 e. The van der Waals surface area contributed by atoms with E-state index in [9.17, 15) is 14.4 Å². The maximum absolute atomic E-state index is 13.3. The molecule has 1 aliphatic rings. The molecule has 0 spiro atoms. The molecule has 3 amide bonds. The van der Waals surface area contributed by atoms with Crippen LogP contribution in [0, 0.1) is 0 Å². The fourth-order valence-corrected chi connectivity index (χ4v) is 5.06. The molecule has 0 aliphatic carbocycles. The predicted molar refractivity (Wildman–Crippen MR) is 165 cm³/mol. The first-order valence-corrected chi connectivity index (χ1v) is 14.2. The van der Waals surface area contributed by atoms with Gasteiger partial charge in [-0.05, 0) is 79.2 Å². The Kier molecular flexibility index (Phi) is 9.11. The lowest BCUT2D eigenvalue weighted by molar-refractivity contribution is -0.115. The van der Waals surface area contributed by atoms with Crippen molar-refractivity contribution in [3.05, 3.63) is 119 Å². The molecule has 8 nitrogen and oxygen atoms in total. The van der Waals surface area contributed by atoms with Crippen molar-refractivity contribution < 1.29 is 23.9 Å². The van der Waals surface area contributed by atoms with Gasteiger partial charge in [-0.15, -0.1) is 11.8 Å². The van der Waals surface area contributed by atoms with Crippen molar-refractivity contribution in [2.75, 3.05) is 17.4 Å². The molecule has 1 atom stereocenters. The monoisotopic (exact) mass is 599 g/mol. The highest BCUT2D eigenvalue weighted by atomic mass is 35.5. The largest absolute Gasteiger partial charge is 0.454 e. The van der Waals surface area contributed by atoms with E-state index in [1.54, 1.807) is 91.0 Å². The summed E-state index contributed by atoms with van der Waals surface area (Å²) in [5, 5.41) is 8.54. The molecular weight excluding hydrogens is 574 g/mol. The molecule has 0 radical (unpaired) electrons. The Morgan fingerprint density at radius 3 is 2.33 bits per heavy atom. The molecule has 42 heavy (non-hydrogen) atoms. The summed E-state index contributed by atoms with van der Waals surface area (Å²) in [4.78, 5) is 39.7. The fourth-order valence-electron chi connectivity index (χ4n) is 4.00. The number of benzene rings is 4. The second kappa shape index (κ2) is 13.3. The van der Waals surface area contributed by atoms with Crippen molar-refractivity contribution in [3.8, 4) is 11.5 Å². The van der Waals surface area contributed by atoms with Crippen molar-refractivity contribution in [2.45, 2.75) is 17.1 Å². The minimum absolute atomic E-state index is 0.0541. The van der Waals surface area contributed by atoms with E-state index in [0.717, 1.165) is 4.90 Å². The number of ether oxygens (including phenoxy) is 2. The van der Waals surface area contributed by atoms with Crippen LogP contribution in [0.1, 0.15) is 22.8 Å². The molecule has 4 aromatic rings. The first-order valence-electron chi connectivity index (χ1n) is 13.0. The molecule has 0 fully saturated rings. The van der Waals surface area contributed by atoms with Gasteiger partial charge in [-0.3, -0.25) is 14.4 Å². The summed E-state index contributed by atoms with van der Waals surface area (Å²) >= 11 is 7.49. The number of nitrogens with one attached hydrogen (secondary N) is 3. The molecule has 1 heterocycles. The number of thioether (sulfide) groups is 1. The predicted octanol–water partition coefficient (Wildman–Crippen LogP) is 6.60. The third kappa shape index (κ3) is 7.51. The van der Waals surface area contributed by atoms with E-state index in [1.165, 1.54) is 11.8 Å². The van der Waals surface area contributed by atoms with Crippen LogP contribution in [-0.4, -0.2) is 29.8 Å². The van der Waals surface area contributed by atoms with Gasteiger partial charge in [-0.1, -0.05) is 41.9 Å². The highest BCUT2D eigenvalue weighted by Gasteiger charge is 2.19. The zero-order valence-corrected chi connectivity index (χ0v) is 24.0. The molecule has 0 bridgehead atoms. The van der Waals surface area contributed by atoms with Crippen LogP contribution in [0.4, 0.5) is 11.4 Å². The van der Waals surface area contributed by atoms with E-state index in [0.29, 0.717) is 39.0 Å².